The first-order chi connectivity index (χ1) is 24.8. The maximum atomic E-state index is 6.68. The number of fused-ring (bicyclic) bond motifs is 12. The summed E-state index contributed by atoms with van der Waals surface area (Å²) in [6, 6.07) is 57.7. The van der Waals surface area contributed by atoms with Crippen LogP contribution in [-0.4, -0.2) is 14.5 Å². The Kier molecular flexibility index (Phi) is 5.63. The van der Waals surface area contributed by atoms with Gasteiger partial charge in [0.1, 0.15) is 11.2 Å². The van der Waals surface area contributed by atoms with Gasteiger partial charge >= 0.3 is 0 Å². The van der Waals surface area contributed by atoms with Gasteiger partial charge in [0.25, 0.3) is 0 Å². The lowest BCUT2D eigenvalue weighted by molar-refractivity contribution is 0.669. The molecule has 0 N–H and O–H groups in total. The molecule has 0 unspecified atom stereocenters. The van der Waals surface area contributed by atoms with Gasteiger partial charge in [-0.15, -0.1) is 0 Å². The molecular weight excluding hydrogens is 611 g/mol. The molecule has 3 aromatic heterocycles. The van der Waals surface area contributed by atoms with E-state index in [2.05, 4.69) is 138 Å². The Morgan fingerprint density at radius 2 is 1.12 bits per heavy atom. The molecule has 4 nitrogen and oxygen atoms in total. The molecule has 4 heteroatoms. The Hall–Kier alpha value is -6.78. The first-order valence-corrected chi connectivity index (χ1v) is 16.9. The van der Waals surface area contributed by atoms with Crippen molar-refractivity contribution >= 4 is 76.2 Å². The second-order valence-electron chi connectivity index (χ2n) is 12.9. The van der Waals surface area contributed by atoms with Crippen LogP contribution < -0.4 is 0 Å². The summed E-state index contributed by atoms with van der Waals surface area (Å²) in [6.45, 7) is 0. The van der Waals surface area contributed by atoms with Crippen LogP contribution in [-0.2, 0) is 0 Å². The van der Waals surface area contributed by atoms with E-state index in [1.165, 1.54) is 43.4 Å². The molecule has 11 rings (SSSR count). The van der Waals surface area contributed by atoms with Gasteiger partial charge in [0.05, 0.1) is 27.8 Å². The fourth-order valence-corrected chi connectivity index (χ4v) is 8.01. The highest BCUT2D eigenvalue weighted by molar-refractivity contribution is 6.32. The minimum atomic E-state index is 0.646. The largest absolute Gasteiger partial charge is 0.455 e. The number of para-hydroxylation sites is 3. The standard InChI is InChI=1S/C46H27N3O/c1-2-13-28(14-3-1)43-35-19-8-10-23-39(35)47-46(48-43)37-22-12-21-34-38-27-29(25-26-41(38)50-45(34)37)49-40-24-11-9-20-36(40)42-32-17-6-4-15-30(32)31-16-5-7-18-33(31)44(42)49/h1-27H. The Balaban J connectivity index is 1.18. The lowest BCUT2D eigenvalue weighted by Gasteiger charge is -2.12. The van der Waals surface area contributed by atoms with Crippen LogP contribution in [0.4, 0.5) is 0 Å². The molecule has 0 amide bonds. The average molecular weight is 638 g/mol. The molecule has 0 spiro atoms. The third kappa shape index (κ3) is 3.81. The molecular formula is C46H27N3O. The van der Waals surface area contributed by atoms with Crippen LogP contribution in [0.1, 0.15) is 0 Å². The summed E-state index contributed by atoms with van der Waals surface area (Å²) in [4.78, 5) is 10.2. The van der Waals surface area contributed by atoms with Crippen LogP contribution in [0.2, 0.25) is 0 Å². The highest BCUT2D eigenvalue weighted by Crippen LogP contribution is 2.43. The first kappa shape index (κ1) is 27.2. The maximum absolute atomic E-state index is 6.68. The van der Waals surface area contributed by atoms with Gasteiger partial charge in [-0.05, 0) is 52.6 Å². The predicted molar refractivity (Wildman–Crippen MR) is 207 cm³/mol. The van der Waals surface area contributed by atoms with Crippen molar-refractivity contribution in [1.82, 2.24) is 14.5 Å². The van der Waals surface area contributed by atoms with E-state index < -0.39 is 0 Å². The zero-order valence-electron chi connectivity index (χ0n) is 26.8. The van der Waals surface area contributed by atoms with E-state index in [1.807, 2.05) is 30.3 Å². The van der Waals surface area contributed by atoms with E-state index in [4.69, 9.17) is 14.4 Å². The van der Waals surface area contributed by atoms with Crippen LogP contribution >= 0.6 is 0 Å². The molecule has 0 aliphatic heterocycles. The van der Waals surface area contributed by atoms with E-state index in [-0.39, 0.29) is 0 Å². The van der Waals surface area contributed by atoms with Gasteiger partial charge < -0.3 is 8.98 Å². The lowest BCUT2D eigenvalue weighted by Crippen LogP contribution is -1.95. The molecule has 0 atom stereocenters. The molecule has 0 aliphatic carbocycles. The summed E-state index contributed by atoms with van der Waals surface area (Å²) < 4.78 is 9.11. The summed E-state index contributed by atoms with van der Waals surface area (Å²) in [7, 11) is 0. The van der Waals surface area contributed by atoms with Crippen molar-refractivity contribution in [2.24, 2.45) is 0 Å². The molecule has 0 saturated carbocycles. The minimum absolute atomic E-state index is 0.646. The van der Waals surface area contributed by atoms with Crippen LogP contribution in [0.15, 0.2) is 168 Å². The van der Waals surface area contributed by atoms with Crippen LogP contribution in [0, 0.1) is 0 Å². The number of hydrogen-bond donors (Lipinski definition) is 0. The smallest absolute Gasteiger partial charge is 0.164 e. The average Bonchev–Trinajstić information content (AvgIpc) is 3.74. The van der Waals surface area contributed by atoms with E-state index in [1.54, 1.807) is 0 Å². The highest BCUT2D eigenvalue weighted by Gasteiger charge is 2.21. The van der Waals surface area contributed by atoms with E-state index in [0.717, 1.165) is 55.3 Å². The summed E-state index contributed by atoms with van der Waals surface area (Å²) in [6.07, 6.45) is 0. The number of furan rings is 1. The van der Waals surface area contributed by atoms with Crippen molar-refractivity contribution in [2.75, 3.05) is 0 Å². The fourth-order valence-electron chi connectivity index (χ4n) is 8.01. The summed E-state index contributed by atoms with van der Waals surface area (Å²) >= 11 is 0. The fraction of sp³-hybridized carbons (Fsp3) is 0. The molecule has 0 aliphatic rings. The van der Waals surface area contributed by atoms with Crippen LogP contribution in [0.5, 0.6) is 0 Å². The molecule has 232 valence electrons. The van der Waals surface area contributed by atoms with Gasteiger partial charge in [0.2, 0.25) is 0 Å². The summed E-state index contributed by atoms with van der Waals surface area (Å²) in [5.41, 5.74) is 8.83. The lowest BCUT2D eigenvalue weighted by atomic mass is 9.97. The Labute approximate surface area is 286 Å². The van der Waals surface area contributed by atoms with Gasteiger partial charge in [-0.3, -0.25) is 0 Å². The first-order valence-electron chi connectivity index (χ1n) is 16.9. The number of benzene rings is 8. The van der Waals surface area contributed by atoms with Crippen molar-refractivity contribution in [3.63, 3.8) is 0 Å². The predicted octanol–water partition coefficient (Wildman–Crippen LogP) is 12.3. The maximum Gasteiger partial charge on any atom is 0.164 e. The monoisotopic (exact) mass is 637 g/mol. The van der Waals surface area contributed by atoms with Crippen molar-refractivity contribution in [2.45, 2.75) is 0 Å². The van der Waals surface area contributed by atoms with E-state index in [0.29, 0.717) is 5.82 Å². The quantitative estimate of drug-likeness (QED) is 0.181. The molecule has 50 heavy (non-hydrogen) atoms. The Bertz CT molecular complexity index is 3150. The normalized spacial score (nSPS) is 12.0. The zero-order chi connectivity index (χ0) is 32.8. The van der Waals surface area contributed by atoms with Crippen molar-refractivity contribution in [1.29, 1.82) is 0 Å². The third-order valence-corrected chi connectivity index (χ3v) is 10.2. The van der Waals surface area contributed by atoms with E-state index in [9.17, 15) is 0 Å². The molecule has 11 aromatic rings. The van der Waals surface area contributed by atoms with Gasteiger partial charge in [0.15, 0.2) is 5.82 Å². The minimum Gasteiger partial charge on any atom is -0.455 e. The number of nitrogens with zero attached hydrogens (tertiary/aromatic N) is 3. The number of aromatic nitrogens is 3. The molecule has 3 heterocycles. The van der Waals surface area contributed by atoms with Gasteiger partial charge in [-0.1, -0.05) is 127 Å². The van der Waals surface area contributed by atoms with Crippen LogP contribution in [0.3, 0.4) is 0 Å². The summed E-state index contributed by atoms with van der Waals surface area (Å²) in [5, 5.41) is 10.7. The van der Waals surface area contributed by atoms with Gasteiger partial charge in [0, 0.05) is 43.6 Å². The van der Waals surface area contributed by atoms with E-state index >= 15 is 0 Å². The zero-order valence-corrected chi connectivity index (χ0v) is 26.8. The topological polar surface area (TPSA) is 43.9 Å². The highest BCUT2D eigenvalue weighted by atomic mass is 16.3. The van der Waals surface area contributed by atoms with Crippen LogP contribution in [0.25, 0.3) is 105 Å². The Morgan fingerprint density at radius 3 is 1.96 bits per heavy atom. The van der Waals surface area contributed by atoms with Gasteiger partial charge in [-0.25, -0.2) is 9.97 Å². The molecule has 0 radical (unpaired) electrons. The second-order valence-corrected chi connectivity index (χ2v) is 12.9. The van der Waals surface area contributed by atoms with Crippen molar-refractivity contribution in [3.8, 4) is 28.3 Å². The molecule has 0 saturated heterocycles. The van der Waals surface area contributed by atoms with Crippen molar-refractivity contribution in [3.05, 3.63) is 164 Å². The SMILES string of the molecule is c1ccc(-c2nc(-c3cccc4c3oc3ccc(-n5c6ccccc6c6c7ccccc7c7ccccc7c65)cc34)nc3ccccc23)cc1. The number of hydrogen-bond acceptors (Lipinski definition) is 3. The third-order valence-electron chi connectivity index (χ3n) is 10.2. The summed E-state index contributed by atoms with van der Waals surface area (Å²) in [5.74, 6) is 0.646. The second kappa shape index (κ2) is 10.4. The van der Waals surface area contributed by atoms with Crippen molar-refractivity contribution < 1.29 is 4.42 Å². The molecule has 8 aromatic carbocycles. The number of rotatable bonds is 3. The Morgan fingerprint density at radius 1 is 0.460 bits per heavy atom. The molecule has 0 fully saturated rings. The molecule has 0 bridgehead atoms. The van der Waals surface area contributed by atoms with Gasteiger partial charge in [-0.2, -0.15) is 0 Å².